The number of nitrogens with one attached hydrogen (secondary N) is 3. The molecule has 1 unspecified atom stereocenters. The molecule has 0 spiro atoms. The van der Waals surface area contributed by atoms with Gasteiger partial charge in [-0.15, -0.1) is 0 Å². The summed E-state index contributed by atoms with van der Waals surface area (Å²) in [6, 6.07) is 20.3. The number of fused-ring (bicyclic) bond motifs is 1. The number of rotatable bonds is 6. The number of H-pyrrole nitrogens is 1. The number of hydrogen-bond acceptors (Lipinski definition) is 3. The Labute approximate surface area is 209 Å². The van der Waals surface area contributed by atoms with Crippen molar-refractivity contribution in [3.8, 4) is 11.1 Å². The maximum atomic E-state index is 7.27. The topological polar surface area (TPSA) is 57.1 Å². The van der Waals surface area contributed by atoms with Crippen LogP contribution in [-0.2, 0) is 6.54 Å². The highest BCUT2D eigenvalue weighted by Crippen LogP contribution is 2.32. The monoisotopic (exact) mass is 489 g/mol. The molecule has 3 N–H and O–H groups in total. The van der Waals surface area contributed by atoms with Crippen LogP contribution >= 0.6 is 23.2 Å². The van der Waals surface area contributed by atoms with E-state index in [1.807, 2.05) is 30.3 Å². The van der Waals surface area contributed by atoms with Crippen LogP contribution in [0.2, 0.25) is 10.0 Å². The fourth-order valence-corrected chi connectivity index (χ4v) is 5.04. The molecule has 7 heteroatoms. The molecule has 0 radical (unpaired) electrons. The van der Waals surface area contributed by atoms with Crippen LogP contribution in [0.5, 0.6) is 0 Å². The minimum atomic E-state index is 0.214. The van der Waals surface area contributed by atoms with E-state index in [9.17, 15) is 0 Å². The molecule has 4 aromatic rings. The molecule has 1 aliphatic heterocycles. The lowest BCUT2D eigenvalue weighted by atomic mass is 9.85. The molecule has 34 heavy (non-hydrogen) atoms. The summed E-state index contributed by atoms with van der Waals surface area (Å²) in [5.74, 6) is 1.39. The SMILES string of the molecule is [C-]#[N+]c1cccc(-c2ccc(C(NCc3nc4cc(Cl)c(Cl)cc4[nH]3)C3CCNCC3)cc2)c1. The molecule has 0 aliphatic carbocycles. The number of nitrogens with zero attached hydrogens (tertiary/aromatic N) is 2. The molecule has 0 bridgehead atoms. The Kier molecular flexibility index (Phi) is 6.85. The number of halogens is 2. The lowest BCUT2D eigenvalue weighted by Crippen LogP contribution is -2.36. The van der Waals surface area contributed by atoms with E-state index in [2.05, 4.69) is 44.7 Å². The average molecular weight is 490 g/mol. The van der Waals surface area contributed by atoms with Gasteiger partial charge in [-0.25, -0.2) is 9.83 Å². The molecular formula is C27H25Cl2N5. The maximum Gasteiger partial charge on any atom is 0.187 e. The first-order valence-corrected chi connectivity index (χ1v) is 12.2. The van der Waals surface area contributed by atoms with Crippen molar-refractivity contribution in [3.63, 3.8) is 0 Å². The average Bonchev–Trinajstić information content (AvgIpc) is 3.27. The zero-order chi connectivity index (χ0) is 23.5. The summed E-state index contributed by atoms with van der Waals surface area (Å²) in [6.07, 6.45) is 2.25. The smallest absolute Gasteiger partial charge is 0.187 e. The second-order valence-corrected chi connectivity index (χ2v) is 9.51. The van der Waals surface area contributed by atoms with Crippen molar-refractivity contribution >= 4 is 39.9 Å². The summed E-state index contributed by atoms with van der Waals surface area (Å²) in [7, 11) is 0. The van der Waals surface area contributed by atoms with E-state index >= 15 is 0 Å². The first kappa shape index (κ1) is 22.9. The molecular weight excluding hydrogens is 465 g/mol. The van der Waals surface area contributed by atoms with Gasteiger partial charge in [0.2, 0.25) is 0 Å². The molecule has 2 heterocycles. The van der Waals surface area contributed by atoms with Crippen LogP contribution in [0.15, 0.2) is 60.7 Å². The third-order valence-electron chi connectivity index (χ3n) is 6.50. The Hall–Kier alpha value is -2.88. The van der Waals surface area contributed by atoms with Gasteiger partial charge in [0.1, 0.15) is 5.82 Å². The molecule has 1 aliphatic rings. The van der Waals surface area contributed by atoms with Gasteiger partial charge in [0.25, 0.3) is 0 Å². The van der Waals surface area contributed by atoms with Crippen molar-refractivity contribution in [2.24, 2.45) is 5.92 Å². The minimum absolute atomic E-state index is 0.214. The zero-order valence-corrected chi connectivity index (χ0v) is 20.1. The van der Waals surface area contributed by atoms with E-state index in [0.29, 0.717) is 28.2 Å². The van der Waals surface area contributed by atoms with E-state index in [1.54, 1.807) is 6.07 Å². The number of aromatic amines is 1. The van der Waals surface area contributed by atoms with E-state index in [4.69, 9.17) is 34.8 Å². The van der Waals surface area contributed by atoms with Crippen LogP contribution in [0.1, 0.15) is 30.3 Å². The third-order valence-corrected chi connectivity index (χ3v) is 7.22. The molecule has 1 fully saturated rings. The van der Waals surface area contributed by atoms with Gasteiger partial charge in [0.05, 0.1) is 34.2 Å². The molecule has 172 valence electrons. The highest BCUT2D eigenvalue weighted by molar-refractivity contribution is 6.42. The Morgan fingerprint density at radius 1 is 1.00 bits per heavy atom. The van der Waals surface area contributed by atoms with E-state index < -0.39 is 0 Å². The predicted molar refractivity (Wildman–Crippen MR) is 139 cm³/mol. The fraction of sp³-hybridized carbons (Fsp3) is 0.259. The van der Waals surface area contributed by atoms with Crippen molar-refractivity contribution in [2.75, 3.05) is 13.1 Å². The number of aromatic nitrogens is 2. The van der Waals surface area contributed by atoms with Crippen LogP contribution < -0.4 is 10.6 Å². The van der Waals surface area contributed by atoms with E-state index in [-0.39, 0.29) is 6.04 Å². The second kappa shape index (κ2) is 10.2. The van der Waals surface area contributed by atoms with Gasteiger partial charge in [-0.05, 0) is 66.7 Å². The van der Waals surface area contributed by atoms with Gasteiger partial charge in [0.15, 0.2) is 5.69 Å². The first-order valence-electron chi connectivity index (χ1n) is 11.5. The quantitative estimate of drug-likeness (QED) is 0.257. The highest BCUT2D eigenvalue weighted by atomic mass is 35.5. The van der Waals surface area contributed by atoms with Gasteiger partial charge in [-0.1, -0.05) is 65.7 Å². The van der Waals surface area contributed by atoms with E-state index in [1.165, 1.54) is 5.56 Å². The van der Waals surface area contributed by atoms with Gasteiger partial charge in [-0.3, -0.25) is 0 Å². The van der Waals surface area contributed by atoms with Crippen LogP contribution in [0.25, 0.3) is 27.0 Å². The van der Waals surface area contributed by atoms with Crippen molar-refractivity contribution < 1.29 is 0 Å². The Morgan fingerprint density at radius 2 is 1.76 bits per heavy atom. The summed E-state index contributed by atoms with van der Waals surface area (Å²) >= 11 is 12.3. The van der Waals surface area contributed by atoms with Crippen molar-refractivity contribution in [2.45, 2.75) is 25.4 Å². The Balaban J connectivity index is 1.38. The van der Waals surface area contributed by atoms with Crippen LogP contribution in [0.3, 0.4) is 0 Å². The van der Waals surface area contributed by atoms with Crippen LogP contribution in [-0.4, -0.2) is 23.1 Å². The normalized spacial score (nSPS) is 15.3. The summed E-state index contributed by atoms with van der Waals surface area (Å²) < 4.78 is 0. The molecule has 1 aromatic heterocycles. The molecule has 5 rings (SSSR count). The lowest BCUT2D eigenvalue weighted by Gasteiger charge is -2.32. The zero-order valence-electron chi connectivity index (χ0n) is 18.6. The Bertz CT molecular complexity index is 1290. The second-order valence-electron chi connectivity index (χ2n) is 8.70. The predicted octanol–water partition coefficient (Wildman–Crippen LogP) is 6.92. The van der Waals surface area contributed by atoms with Gasteiger partial charge >= 0.3 is 0 Å². The standard InChI is InChI=1S/C27H25Cl2N5/c1-30-21-4-2-3-20(13-21)17-5-7-18(8-6-17)27(19-9-11-31-12-10-19)32-16-26-33-24-14-22(28)23(29)15-25(24)34-26/h2-8,13-15,19,27,31-32H,9-12,16H2,(H,33,34). The molecule has 3 aromatic carbocycles. The van der Waals surface area contributed by atoms with Gasteiger partial charge in [0, 0.05) is 6.04 Å². The summed E-state index contributed by atoms with van der Waals surface area (Å²) in [5, 5.41) is 8.26. The van der Waals surface area contributed by atoms with Gasteiger partial charge in [-0.2, -0.15) is 0 Å². The largest absolute Gasteiger partial charge is 0.341 e. The summed E-state index contributed by atoms with van der Waals surface area (Å²) in [5.41, 5.74) is 5.80. The number of piperidine rings is 1. The van der Waals surface area contributed by atoms with Crippen molar-refractivity contribution in [3.05, 3.63) is 93.5 Å². The highest BCUT2D eigenvalue weighted by Gasteiger charge is 2.25. The lowest BCUT2D eigenvalue weighted by molar-refractivity contribution is 0.280. The Morgan fingerprint density at radius 3 is 2.53 bits per heavy atom. The van der Waals surface area contributed by atoms with Gasteiger partial charge < -0.3 is 15.6 Å². The summed E-state index contributed by atoms with van der Waals surface area (Å²) in [4.78, 5) is 11.6. The van der Waals surface area contributed by atoms with Crippen molar-refractivity contribution in [1.82, 2.24) is 20.6 Å². The number of imidazole rings is 1. The molecule has 0 amide bonds. The maximum absolute atomic E-state index is 7.27. The number of benzene rings is 3. The fourth-order valence-electron chi connectivity index (χ4n) is 4.72. The first-order chi connectivity index (χ1) is 16.6. The third kappa shape index (κ3) is 4.96. The van der Waals surface area contributed by atoms with E-state index in [0.717, 1.165) is 53.9 Å². The van der Waals surface area contributed by atoms with Crippen molar-refractivity contribution in [1.29, 1.82) is 0 Å². The molecule has 0 saturated carbocycles. The molecule has 1 atom stereocenters. The number of hydrogen-bond donors (Lipinski definition) is 3. The van der Waals surface area contributed by atoms with Crippen LogP contribution in [0.4, 0.5) is 5.69 Å². The molecule has 5 nitrogen and oxygen atoms in total. The minimum Gasteiger partial charge on any atom is -0.341 e. The molecule has 1 saturated heterocycles. The summed E-state index contributed by atoms with van der Waals surface area (Å²) in [6.45, 7) is 9.96. The van der Waals surface area contributed by atoms with Crippen LogP contribution in [0, 0.1) is 12.5 Å².